The molecule has 1 aliphatic rings. The van der Waals surface area contributed by atoms with Gasteiger partial charge in [0.15, 0.2) is 0 Å². The van der Waals surface area contributed by atoms with Gasteiger partial charge in [0, 0.05) is 17.0 Å². The maximum Gasteiger partial charge on any atom is 0.230 e. The summed E-state index contributed by atoms with van der Waals surface area (Å²) in [6.45, 7) is 2.03. The first-order valence-electron chi connectivity index (χ1n) is 9.01. The van der Waals surface area contributed by atoms with Crippen LogP contribution in [0.2, 0.25) is 0 Å². The smallest absolute Gasteiger partial charge is 0.230 e. The van der Waals surface area contributed by atoms with Gasteiger partial charge in [-0.15, -0.1) is 0 Å². The predicted molar refractivity (Wildman–Crippen MR) is 97.6 cm³/mol. The third-order valence-corrected chi connectivity index (χ3v) is 5.02. The number of furan rings is 1. The average molecular weight is 337 g/mol. The summed E-state index contributed by atoms with van der Waals surface area (Å²) >= 11 is 0. The Morgan fingerprint density at radius 1 is 1.28 bits per heavy atom. The number of aryl methyl sites for hydroxylation is 1. The fourth-order valence-electron chi connectivity index (χ4n) is 3.72. The summed E-state index contributed by atoms with van der Waals surface area (Å²) in [5.74, 6) is 0.751. The number of amides is 1. The minimum absolute atomic E-state index is 0.0409. The number of benzene rings is 1. The zero-order chi connectivity index (χ0) is 17.2. The number of carbonyl (C=O) groups excluding carboxylic acids is 1. The maximum atomic E-state index is 12.5. The minimum atomic E-state index is -0.0409. The molecule has 4 rings (SSSR count). The summed E-state index contributed by atoms with van der Waals surface area (Å²) in [5, 5.41) is 8.46. The first kappa shape index (κ1) is 15.9. The van der Waals surface area contributed by atoms with Gasteiger partial charge in [0.1, 0.15) is 11.4 Å². The number of anilines is 1. The normalized spacial score (nSPS) is 15.6. The molecule has 0 bridgehead atoms. The Morgan fingerprint density at radius 3 is 2.96 bits per heavy atom. The van der Waals surface area contributed by atoms with Gasteiger partial charge in [-0.05, 0) is 31.4 Å². The fraction of sp³-hybridized carbons (Fsp3) is 0.400. The fourth-order valence-corrected chi connectivity index (χ4v) is 3.72. The molecule has 0 spiro atoms. The number of rotatable bonds is 4. The number of nitrogens with zero attached hydrogens (tertiary/aromatic N) is 2. The Bertz CT molecular complexity index is 887. The molecule has 1 aromatic carbocycles. The van der Waals surface area contributed by atoms with Gasteiger partial charge >= 0.3 is 0 Å². The van der Waals surface area contributed by atoms with E-state index in [9.17, 15) is 4.79 Å². The van der Waals surface area contributed by atoms with E-state index in [1.807, 2.05) is 35.9 Å². The predicted octanol–water partition coefficient (Wildman–Crippen LogP) is 4.62. The van der Waals surface area contributed by atoms with Crippen LogP contribution >= 0.6 is 0 Å². The van der Waals surface area contributed by atoms with E-state index in [0.717, 1.165) is 40.8 Å². The van der Waals surface area contributed by atoms with Crippen LogP contribution in [0.5, 0.6) is 0 Å². The van der Waals surface area contributed by atoms with E-state index in [1.54, 1.807) is 12.5 Å². The lowest BCUT2D eigenvalue weighted by atomic mass is 9.96. The molecule has 2 heterocycles. The second kappa shape index (κ2) is 6.75. The molecule has 0 aliphatic heterocycles. The number of fused-ring (bicyclic) bond motifs is 1. The second-order valence-corrected chi connectivity index (χ2v) is 6.94. The molecule has 25 heavy (non-hydrogen) atoms. The maximum absolute atomic E-state index is 12.5. The molecule has 5 heteroatoms. The molecule has 0 radical (unpaired) electrons. The summed E-state index contributed by atoms with van der Waals surface area (Å²) in [7, 11) is 0. The van der Waals surface area contributed by atoms with Crippen molar-refractivity contribution < 1.29 is 9.21 Å². The summed E-state index contributed by atoms with van der Waals surface area (Å²) in [6, 6.07) is 8.33. The van der Waals surface area contributed by atoms with E-state index in [-0.39, 0.29) is 5.91 Å². The highest BCUT2D eigenvalue weighted by Gasteiger charge is 2.19. The van der Waals surface area contributed by atoms with Crippen molar-refractivity contribution in [3.8, 4) is 0 Å². The molecule has 1 saturated carbocycles. The van der Waals surface area contributed by atoms with Gasteiger partial charge in [-0.1, -0.05) is 31.4 Å². The minimum Gasteiger partial charge on any atom is -0.464 e. The molecule has 1 aliphatic carbocycles. The van der Waals surface area contributed by atoms with Crippen LogP contribution in [0.3, 0.4) is 0 Å². The van der Waals surface area contributed by atoms with E-state index in [0.29, 0.717) is 12.5 Å². The van der Waals surface area contributed by atoms with Crippen molar-refractivity contribution in [3.05, 3.63) is 47.9 Å². The SMILES string of the molecule is Cc1ccc2c(CC(=O)Nc3ccnn3C3CCCCC3)coc2c1. The van der Waals surface area contributed by atoms with Crippen molar-refractivity contribution in [3.63, 3.8) is 0 Å². The standard InChI is InChI=1S/C20H23N3O2/c1-14-7-8-17-15(13-25-18(17)11-14)12-20(24)22-19-9-10-21-23(19)16-5-3-2-4-6-16/h7-11,13,16H,2-6,12H2,1H3,(H,22,24). The first-order chi connectivity index (χ1) is 12.2. The van der Waals surface area contributed by atoms with E-state index in [4.69, 9.17) is 4.42 Å². The Labute approximate surface area is 147 Å². The van der Waals surface area contributed by atoms with Gasteiger partial charge < -0.3 is 9.73 Å². The molecule has 1 fully saturated rings. The topological polar surface area (TPSA) is 60.1 Å². The average Bonchev–Trinajstić information content (AvgIpc) is 3.22. The summed E-state index contributed by atoms with van der Waals surface area (Å²) in [6.07, 6.45) is 9.78. The molecule has 2 aromatic heterocycles. The van der Waals surface area contributed by atoms with Gasteiger partial charge in [-0.2, -0.15) is 5.10 Å². The van der Waals surface area contributed by atoms with Crippen molar-refractivity contribution in [2.45, 2.75) is 51.5 Å². The second-order valence-electron chi connectivity index (χ2n) is 6.94. The molecule has 130 valence electrons. The molecule has 5 nitrogen and oxygen atoms in total. The quantitative estimate of drug-likeness (QED) is 0.755. The summed E-state index contributed by atoms with van der Waals surface area (Å²) < 4.78 is 7.57. The lowest BCUT2D eigenvalue weighted by molar-refractivity contribution is -0.115. The van der Waals surface area contributed by atoms with Crippen LogP contribution in [-0.4, -0.2) is 15.7 Å². The number of hydrogen-bond donors (Lipinski definition) is 1. The first-order valence-corrected chi connectivity index (χ1v) is 9.01. The Kier molecular flexibility index (Phi) is 4.30. The molecule has 0 atom stereocenters. The van der Waals surface area contributed by atoms with Gasteiger partial charge in [-0.3, -0.25) is 4.79 Å². The molecular weight excluding hydrogens is 314 g/mol. The summed E-state index contributed by atoms with van der Waals surface area (Å²) in [5.41, 5.74) is 2.89. The van der Waals surface area contributed by atoms with Crippen LogP contribution in [0, 0.1) is 6.92 Å². The lowest BCUT2D eigenvalue weighted by Crippen LogP contribution is -2.21. The largest absolute Gasteiger partial charge is 0.464 e. The molecule has 1 amide bonds. The third kappa shape index (κ3) is 3.31. The van der Waals surface area contributed by atoms with E-state index in [1.165, 1.54) is 19.3 Å². The Balaban J connectivity index is 1.48. The van der Waals surface area contributed by atoms with Gasteiger partial charge in [0.05, 0.1) is 24.9 Å². The Morgan fingerprint density at radius 2 is 2.12 bits per heavy atom. The van der Waals surface area contributed by atoms with E-state index in [2.05, 4.69) is 10.4 Å². The zero-order valence-electron chi connectivity index (χ0n) is 14.5. The van der Waals surface area contributed by atoms with Crippen molar-refractivity contribution in [2.75, 3.05) is 5.32 Å². The van der Waals surface area contributed by atoms with Crippen LogP contribution < -0.4 is 5.32 Å². The van der Waals surface area contributed by atoms with Gasteiger partial charge in [0.25, 0.3) is 0 Å². The molecule has 3 aromatic rings. The van der Waals surface area contributed by atoms with E-state index < -0.39 is 0 Å². The number of hydrogen-bond acceptors (Lipinski definition) is 3. The van der Waals surface area contributed by atoms with E-state index >= 15 is 0 Å². The monoisotopic (exact) mass is 337 g/mol. The number of aromatic nitrogens is 2. The molecule has 0 unspecified atom stereocenters. The lowest BCUT2D eigenvalue weighted by Gasteiger charge is -2.23. The van der Waals surface area contributed by atoms with Crippen LogP contribution in [-0.2, 0) is 11.2 Å². The molecular formula is C20H23N3O2. The molecule has 0 saturated heterocycles. The van der Waals surface area contributed by atoms with Crippen molar-refractivity contribution in [2.24, 2.45) is 0 Å². The van der Waals surface area contributed by atoms with Crippen LogP contribution in [0.4, 0.5) is 5.82 Å². The van der Waals surface area contributed by atoms with Crippen molar-refractivity contribution >= 4 is 22.7 Å². The Hall–Kier alpha value is -2.56. The number of nitrogens with one attached hydrogen (secondary N) is 1. The van der Waals surface area contributed by atoms with Crippen LogP contribution in [0.15, 0.2) is 41.1 Å². The van der Waals surface area contributed by atoms with Gasteiger partial charge in [-0.25, -0.2) is 4.68 Å². The third-order valence-electron chi connectivity index (χ3n) is 5.02. The zero-order valence-corrected chi connectivity index (χ0v) is 14.5. The highest BCUT2D eigenvalue weighted by molar-refractivity contribution is 5.94. The molecule has 1 N–H and O–H groups in total. The van der Waals surface area contributed by atoms with Crippen molar-refractivity contribution in [1.29, 1.82) is 0 Å². The highest BCUT2D eigenvalue weighted by Crippen LogP contribution is 2.30. The highest BCUT2D eigenvalue weighted by atomic mass is 16.3. The van der Waals surface area contributed by atoms with Gasteiger partial charge in [0.2, 0.25) is 5.91 Å². The summed E-state index contributed by atoms with van der Waals surface area (Å²) in [4.78, 5) is 12.5. The number of carbonyl (C=O) groups is 1. The van der Waals surface area contributed by atoms with Crippen LogP contribution in [0.25, 0.3) is 11.0 Å². The van der Waals surface area contributed by atoms with Crippen molar-refractivity contribution in [1.82, 2.24) is 9.78 Å². The van der Waals surface area contributed by atoms with Crippen LogP contribution in [0.1, 0.15) is 49.3 Å².